The Kier molecular flexibility index (Phi) is 7.26. The average molecular weight is 410 g/mol. The number of carbonyl (C=O) groups is 1. The third kappa shape index (κ3) is 5.10. The highest BCUT2D eigenvalue weighted by atomic mass is 35.5. The maximum absolute atomic E-state index is 12.3. The Bertz CT molecular complexity index is 822. The molecule has 1 amide bonds. The van der Waals surface area contributed by atoms with E-state index in [9.17, 15) is 4.79 Å². The van der Waals surface area contributed by atoms with E-state index in [0.717, 1.165) is 30.0 Å². The van der Waals surface area contributed by atoms with Crippen molar-refractivity contribution in [3.63, 3.8) is 0 Å². The highest BCUT2D eigenvalue weighted by Crippen LogP contribution is 2.24. The molecule has 138 valence electrons. The summed E-state index contributed by atoms with van der Waals surface area (Å²) in [6.45, 7) is 8.14. The molecule has 7 heteroatoms. The normalized spacial score (nSPS) is 10.3. The van der Waals surface area contributed by atoms with Gasteiger partial charge in [0.2, 0.25) is 0 Å². The van der Waals surface area contributed by atoms with Gasteiger partial charge in [0.25, 0.3) is 5.91 Å². The zero-order valence-corrected chi connectivity index (χ0v) is 17.2. The highest BCUT2D eigenvalue weighted by molar-refractivity contribution is 7.80. The van der Waals surface area contributed by atoms with Gasteiger partial charge in [-0.15, -0.1) is 0 Å². The lowest BCUT2D eigenvalue weighted by molar-refractivity contribution is 0.0977. The van der Waals surface area contributed by atoms with E-state index in [4.69, 9.17) is 35.4 Å². The Hall–Kier alpha value is -1.82. The van der Waals surface area contributed by atoms with Crippen LogP contribution in [0.3, 0.4) is 0 Å². The second kappa shape index (κ2) is 9.21. The summed E-state index contributed by atoms with van der Waals surface area (Å²) in [5.41, 5.74) is 3.43. The SMILES string of the molecule is CCN(CC)c1ccc(NC(=S)NC(=O)c2ccc(Cl)c(Cl)c2)c(C)c1. The van der Waals surface area contributed by atoms with Crippen molar-refractivity contribution in [3.05, 3.63) is 57.6 Å². The molecule has 0 aliphatic carbocycles. The van der Waals surface area contributed by atoms with Gasteiger partial charge in [-0.25, -0.2) is 0 Å². The van der Waals surface area contributed by atoms with Crippen LogP contribution in [-0.2, 0) is 0 Å². The number of halogens is 2. The summed E-state index contributed by atoms with van der Waals surface area (Å²) in [5.74, 6) is -0.349. The summed E-state index contributed by atoms with van der Waals surface area (Å²) in [5, 5.41) is 6.65. The molecule has 0 atom stereocenters. The summed E-state index contributed by atoms with van der Waals surface area (Å²) in [4.78, 5) is 14.5. The van der Waals surface area contributed by atoms with Crippen LogP contribution < -0.4 is 15.5 Å². The van der Waals surface area contributed by atoms with Crippen LogP contribution in [0.4, 0.5) is 11.4 Å². The Morgan fingerprint density at radius 3 is 2.35 bits per heavy atom. The predicted octanol–water partition coefficient (Wildman–Crippen LogP) is 5.27. The molecular formula is C19H21Cl2N3OS. The molecule has 2 aromatic carbocycles. The summed E-state index contributed by atoms with van der Waals surface area (Å²) in [6.07, 6.45) is 0. The van der Waals surface area contributed by atoms with Crippen molar-refractivity contribution in [1.29, 1.82) is 0 Å². The van der Waals surface area contributed by atoms with Crippen LogP contribution in [0.15, 0.2) is 36.4 Å². The molecular weight excluding hydrogens is 389 g/mol. The molecule has 0 saturated heterocycles. The smallest absolute Gasteiger partial charge is 0.257 e. The van der Waals surface area contributed by atoms with E-state index in [2.05, 4.69) is 35.4 Å². The van der Waals surface area contributed by atoms with Crippen LogP contribution in [0.25, 0.3) is 0 Å². The quantitative estimate of drug-likeness (QED) is 0.659. The van der Waals surface area contributed by atoms with Gasteiger partial charge in [-0.3, -0.25) is 10.1 Å². The molecule has 2 N–H and O–H groups in total. The number of anilines is 2. The largest absolute Gasteiger partial charge is 0.372 e. The van der Waals surface area contributed by atoms with Crippen molar-refractivity contribution in [2.75, 3.05) is 23.3 Å². The van der Waals surface area contributed by atoms with E-state index >= 15 is 0 Å². The van der Waals surface area contributed by atoms with Crippen LogP contribution in [0.1, 0.15) is 29.8 Å². The number of nitrogens with one attached hydrogen (secondary N) is 2. The molecule has 0 aliphatic rings. The van der Waals surface area contributed by atoms with Crippen molar-refractivity contribution in [2.45, 2.75) is 20.8 Å². The first-order valence-electron chi connectivity index (χ1n) is 8.28. The monoisotopic (exact) mass is 409 g/mol. The van der Waals surface area contributed by atoms with Gasteiger partial charge in [-0.2, -0.15) is 0 Å². The first-order chi connectivity index (χ1) is 12.3. The Morgan fingerprint density at radius 1 is 1.08 bits per heavy atom. The molecule has 2 aromatic rings. The van der Waals surface area contributed by atoms with E-state index in [1.165, 1.54) is 6.07 Å². The summed E-state index contributed by atoms with van der Waals surface area (Å²) in [6, 6.07) is 10.8. The van der Waals surface area contributed by atoms with Gasteiger partial charge in [0, 0.05) is 30.0 Å². The zero-order valence-electron chi connectivity index (χ0n) is 14.9. The Labute approximate surface area is 169 Å². The minimum atomic E-state index is -0.349. The number of aryl methyl sites for hydroxylation is 1. The van der Waals surface area contributed by atoms with Crippen molar-refractivity contribution < 1.29 is 4.79 Å². The number of amides is 1. The first-order valence-corrected chi connectivity index (χ1v) is 9.45. The Morgan fingerprint density at radius 2 is 1.77 bits per heavy atom. The molecule has 0 spiro atoms. The number of nitrogens with zero attached hydrogens (tertiary/aromatic N) is 1. The third-order valence-electron chi connectivity index (χ3n) is 4.00. The summed E-state index contributed by atoms with van der Waals surface area (Å²) in [7, 11) is 0. The van der Waals surface area contributed by atoms with Gasteiger partial charge in [-0.05, 0) is 75.0 Å². The van der Waals surface area contributed by atoms with Crippen molar-refractivity contribution in [3.8, 4) is 0 Å². The van der Waals surface area contributed by atoms with Gasteiger partial charge in [0.15, 0.2) is 5.11 Å². The lowest BCUT2D eigenvalue weighted by Gasteiger charge is -2.22. The number of rotatable bonds is 5. The molecule has 0 unspecified atom stereocenters. The molecule has 2 rings (SSSR count). The lowest BCUT2D eigenvalue weighted by atomic mass is 10.1. The summed E-state index contributed by atoms with van der Waals surface area (Å²) >= 11 is 17.1. The van der Waals surface area contributed by atoms with Crippen molar-refractivity contribution in [1.82, 2.24) is 5.32 Å². The fourth-order valence-electron chi connectivity index (χ4n) is 2.54. The second-order valence-electron chi connectivity index (χ2n) is 5.71. The van der Waals surface area contributed by atoms with E-state index < -0.39 is 0 Å². The van der Waals surface area contributed by atoms with Gasteiger partial charge in [0.1, 0.15) is 0 Å². The van der Waals surface area contributed by atoms with Crippen LogP contribution in [0.5, 0.6) is 0 Å². The number of benzene rings is 2. The average Bonchev–Trinajstić information content (AvgIpc) is 2.60. The topological polar surface area (TPSA) is 44.4 Å². The standard InChI is InChI=1S/C19H21Cl2N3OS/c1-4-24(5-2)14-7-9-17(12(3)10-14)22-19(26)23-18(25)13-6-8-15(20)16(21)11-13/h6-11H,4-5H2,1-3H3,(H2,22,23,25,26). The van der Waals surface area contributed by atoms with Crippen molar-refractivity contribution in [2.24, 2.45) is 0 Å². The van der Waals surface area contributed by atoms with Gasteiger partial charge in [0.05, 0.1) is 10.0 Å². The fourth-order valence-corrected chi connectivity index (χ4v) is 3.04. The molecule has 0 bridgehead atoms. The molecule has 0 radical (unpaired) electrons. The molecule has 0 saturated carbocycles. The van der Waals surface area contributed by atoms with Crippen molar-refractivity contribution >= 4 is 57.8 Å². The van der Waals surface area contributed by atoms with Crippen LogP contribution in [0.2, 0.25) is 10.0 Å². The molecule has 0 heterocycles. The van der Waals surface area contributed by atoms with Gasteiger partial charge >= 0.3 is 0 Å². The maximum atomic E-state index is 12.3. The summed E-state index contributed by atoms with van der Waals surface area (Å²) < 4.78 is 0. The van der Waals surface area contributed by atoms with E-state index in [0.29, 0.717) is 15.6 Å². The molecule has 0 aliphatic heterocycles. The number of hydrogen-bond acceptors (Lipinski definition) is 3. The van der Waals surface area contributed by atoms with Gasteiger partial charge in [-0.1, -0.05) is 23.2 Å². The highest BCUT2D eigenvalue weighted by Gasteiger charge is 2.11. The predicted molar refractivity (Wildman–Crippen MR) is 115 cm³/mol. The lowest BCUT2D eigenvalue weighted by Crippen LogP contribution is -2.34. The minimum Gasteiger partial charge on any atom is -0.372 e. The molecule has 4 nitrogen and oxygen atoms in total. The minimum absolute atomic E-state index is 0.222. The van der Waals surface area contributed by atoms with Crippen LogP contribution in [-0.4, -0.2) is 24.1 Å². The zero-order chi connectivity index (χ0) is 19.3. The number of hydrogen-bond donors (Lipinski definition) is 2. The first kappa shape index (κ1) is 20.5. The van der Waals surface area contributed by atoms with Crippen LogP contribution >= 0.6 is 35.4 Å². The molecule has 0 aromatic heterocycles. The number of carbonyl (C=O) groups excluding carboxylic acids is 1. The number of thiocarbonyl (C=S) groups is 1. The molecule has 0 fully saturated rings. The molecule has 26 heavy (non-hydrogen) atoms. The van der Waals surface area contributed by atoms with E-state index in [1.807, 2.05) is 19.1 Å². The van der Waals surface area contributed by atoms with E-state index in [1.54, 1.807) is 12.1 Å². The van der Waals surface area contributed by atoms with Crippen LogP contribution in [0, 0.1) is 6.92 Å². The fraction of sp³-hybridized carbons (Fsp3) is 0.263. The maximum Gasteiger partial charge on any atom is 0.257 e. The Balaban J connectivity index is 2.05. The second-order valence-corrected chi connectivity index (χ2v) is 6.93. The van der Waals surface area contributed by atoms with Gasteiger partial charge < -0.3 is 10.2 Å². The third-order valence-corrected chi connectivity index (χ3v) is 4.94. The van der Waals surface area contributed by atoms with E-state index in [-0.39, 0.29) is 11.0 Å².